The Kier molecular flexibility index (Phi) is 4.83. The summed E-state index contributed by atoms with van der Waals surface area (Å²) in [6.45, 7) is 5.49. The highest BCUT2D eigenvalue weighted by atomic mass is 16.5. The van der Waals surface area contributed by atoms with E-state index in [0.29, 0.717) is 11.5 Å². The largest absolute Gasteiger partial charge is 0.503 e. The number of carbonyl (C=O) groups excluding carboxylic acids is 2. The smallest absolute Gasteiger partial charge is 0.290 e. The van der Waals surface area contributed by atoms with E-state index < -0.39 is 23.1 Å². The molecule has 0 bridgehead atoms. The Labute approximate surface area is 158 Å². The van der Waals surface area contributed by atoms with E-state index in [2.05, 4.69) is 0 Å². The van der Waals surface area contributed by atoms with Crippen LogP contribution in [0.1, 0.15) is 38.1 Å². The van der Waals surface area contributed by atoms with Crippen LogP contribution in [0.25, 0.3) is 0 Å². The summed E-state index contributed by atoms with van der Waals surface area (Å²) in [5.41, 5.74) is 0.179. The molecule has 6 heteroatoms. The van der Waals surface area contributed by atoms with Gasteiger partial charge in [0.05, 0.1) is 18.9 Å². The molecule has 1 unspecified atom stereocenters. The first kappa shape index (κ1) is 18.8. The zero-order valence-electron chi connectivity index (χ0n) is 15.9. The predicted octanol–water partition coefficient (Wildman–Crippen LogP) is 3.80. The van der Waals surface area contributed by atoms with Crippen molar-refractivity contribution < 1.29 is 23.8 Å². The summed E-state index contributed by atoms with van der Waals surface area (Å²) in [5, 5.41) is 10.5. The SMILES string of the molecule is COc1ccc(CN2C(=O)C(O)=C(C(=O)C(C)(C)C)C2c2ccco2)cc1. The molecule has 3 rings (SSSR count). The molecule has 1 atom stereocenters. The Morgan fingerprint density at radius 2 is 1.89 bits per heavy atom. The first-order valence-corrected chi connectivity index (χ1v) is 8.69. The molecule has 27 heavy (non-hydrogen) atoms. The number of carbonyl (C=O) groups is 2. The van der Waals surface area contributed by atoms with Gasteiger partial charge in [-0.05, 0) is 29.8 Å². The highest BCUT2D eigenvalue weighted by Gasteiger charge is 2.47. The van der Waals surface area contributed by atoms with Gasteiger partial charge in [-0.3, -0.25) is 9.59 Å². The van der Waals surface area contributed by atoms with Gasteiger partial charge < -0.3 is 19.2 Å². The van der Waals surface area contributed by atoms with Crippen LogP contribution >= 0.6 is 0 Å². The molecule has 2 aromatic rings. The van der Waals surface area contributed by atoms with E-state index >= 15 is 0 Å². The third-order valence-electron chi connectivity index (χ3n) is 4.55. The highest BCUT2D eigenvalue weighted by molar-refractivity contribution is 6.10. The molecule has 0 saturated heterocycles. The zero-order chi connectivity index (χ0) is 19.8. The predicted molar refractivity (Wildman–Crippen MR) is 99.1 cm³/mol. The van der Waals surface area contributed by atoms with E-state index in [0.717, 1.165) is 5.56 Å². The number of methoxy groups -OCH3 is 1. The van der Waals surface area contributed by atoms with Crippen LogP contribution in [0.5, 0.6) is 5.75 Å². The fourth-order valence-electron chi connectivity index (χ4n) is 3.12. The van der Waals surface area contributed by atoms with Crippen molar-refractivity contribution in [3.8, 4) is 5.75 Å². The average Bonchev–Trinajstić information content (AvgIpc) is 3.23. The number of hydrogen-bond donors (Lipinski definition) is 1. The van der Waals surface area contributed by atoms with E-state index in [1.54, 1.807) is 52.1 Å². The quantitative estimate of drug-likeness (QED) is 0.867. The lowest BCUT2D eigenvalue weighted by Gasteiger charge is -2.27. The molecule has 6 nitrogen and oxygen atoms in total. The molecule has 0 spiro atoms. The molecule has 2 heterocycles. The van der Waals surface area contributed by atoms with Crippen molar-refractivity contribution in [2.75, 3.05) is 7.11 Å². The van der Waals surface area contributed by atoms with Gasteiger partial charge in [0.25, 0.3) is 5.91 Å². The Morgan fingerprint density at radius 1 is 1.22 bits per heavy atom. The van der Waals surface area contributed by atoms with Gasteiger partial charge in [-0.25, -0.2) is 0 Å². The molecule has 0 aliphatic carbocycles. The van der Waals surface area contributed by atoms with Crippen LogP contribution < -0.4 is 4.74 Å². The molecular formula is C21H23NO5. The summed E-state index contributed by atoms with van der Waals surface area (Å²) in [5.74, 6) is -0.233. The van der Waals surface area contributed by atoms with Crippen LogP contribution in [0.3, 0.4) is 0 Å². The number of Topliss-reactive ketones (excluding diaryl/α,β-unsaturated/α-hetero) is 1. The second-order valence-corrected chi connectivity index (χ2v) is 7.54. The van der Waals surface area contributed by atoms with E-state index in [4.69, 9.17) is 9.15 Å². The van der Waals surface area contributed by atoms with Crippen molar-refractivity contribution >= 4 is 11.7 Å². The molecule has 0 saturated carbocycles. The molecule has 142 valence electrons. The van der Waals surface area contributed by atoms with Gasteiger partial charge in [-0.1, -0.05) is 32.9 Å². The van der Waals surface area contributed by atoms with Crippen LogP contribution in [-0.2, 0) is 16.1 Å². The molecule has 1 aliphatic heterocycles. The highest BCUT2D eigenvalue weighted by Crippen LogP contribution is 2.41. The molecule has 0 radical (unpaired) electrons. The van der Waals surface area contributed by atoms with Gasteiger partial charge in [0.2, 0.25) is 0 Å². The van der Waals surface area contributed by atoms with Crippen LogP contribution in [0.15, 0.2) is 58.4 Å². The van der Waals surface area contributed by atoms with Gasteiger partial charge in [-0.15, -0.1) is 0 Å². The van der Waals surface area contributed by atoms with Crippen molar-refractivity contribution in [3.63, 3.8) is 0 Å². The summed E-state index contributed by atoms with van der Waals surface area (Å²) in [6, 6.07) is 9.91. The number of ether oxygens (including phenoxy) is 1. The van der Waals surface area contributed by atoms with Crippen molar-refractivity contribution in [2.45, 2.75) is 33.4 Å². The summed E-state index contributed by atoms with van der Waals surface area (Å²) < 4.78 is 10.7. The maximum Gasteiger partial charge on any atom is 0.290 e. The number of nitrogens with zero attached hydrogens (tertiary/aromatic N) is 1. The molecule has 1 aromatic heterocycles. The number of aliphatic hydroxyl groups is 1. The Hall–Kier alpha value is -3.02. The molecular weight excluding hydrogens is 346 g/mol. The van der Waals surface area contributed by atoms with Crippen molar-refractivity contribution in [3.05, 3.63) is 65.3 Å². The summed E-state index contributed by atoms with van der Waals surface area (Å²) in [4.78, 5) is 27.2. The third kappa shape index (κ3) is 3.47. The Bertz CT molecular complexity index is 872. The van der Waals surface area contributed by atoms with E-state index in [9.17, 15) is 14.7 Å². The van der Waals surface area contributed by atoms with Gasteiger partial charge in [0.15, 0.2) is 11.5 Å². The van der Waals surface area contributed by atoms with E-state index in [-0.39, 0.29) is 17.9 Å². The average molecular weight is 369 g/mol. The molecule has 1 aliphatic rings. The Morgan fingerprint density at radius 3 is 2.41 bits per heavy atom. The maximum absolute atomic E-state index is 13.0. The summed E-state index contributed by atoms with van der Waals surface area (Å²) in [7, 11) is 1.58. The lowest BCUT2D eigenvalue weighted by molar-refractivity contribution is -0.130. The fraction of sp³-hybridized carbons (Fsp3) is 0.333. The number of hydrogen-bond acceptors (Lipinski definition) is 5. The van der Waals surface area contributed by atoms with E-state index in [1.165, 1.54) is 11.2 Å². The van der Waals surface area contributed by atoms with Crippen LogP contribution in [0, 0.1) is 5.41 Å². The third-order valence-corrected chi connectivity index (χ3v) is 4.55. The number of amides is 1. The van der Waals surface area contributed by atoms with Crippen molar-refractivity contribution in [1.29, 1.82) is 0 Å². The van der Waals surface area contributed by atoms with Crippen LogP contribution in [-0.4, -0.2) is 28.8 Å². The van der Waals surface area contributed by atoms with Crippen LogP contribution in [0.2, 0.25) is 0 Å². The maximum atomic E-state index is 13.0. The topological polar surface area (TPSA) is 80.0 Å². The lowest BCUT2D eigenvalue weighted by Crippen LogP contribution is -2.32. The van der Waals surface area contributed by atoms with E-state index in [1.807, 2.05) is 12.1 Å². The van der Waals surface area contributed by atoms with Crippen LogP contribution in [0.4, 0.5) is 0 Å². The first-order chi connectivity index (χ1) is 12.7. The molecule has 1 aromatic carbocycles. The zero-order valence-corrected chi connectivity index (χ0v) is 15.9. The molecule has 1 amide bonds. The number of aliphatic hydroxyl groups excluding tert-OH is 1. The number of furan rings is 1. The minimum Gasteiger partial charge on any atom is -0.503 e. The van der Waals surface area contributed by atoms with Gasteiger partial charge in [-0.2, -0.15) is 0 Å². The molecule has 1 N–H and O–H groups in total. The second kappa shape index (κ2) is 6.95. The van der Waals surface area contributed by atoms with Gasteiger partial charge in [0.1, 0.15) is 17.6 Å². The Balaban J connectivity index is 2.00. The minimum atomic E-state index is -0.763. The summed E-state index contributed by atoms with van der Waals surface area (Å²) >= 11 is 0. The van der Waals surface area contributed by atoms with Crippen molar-refractivity contribution in [2.24, 2.45) is 5.41 Å². The second-order valence-electron chi connectivity index (χ2n) is 7.54. The number of ketones is 1. The standard InChI is InChI=1S/C21H23NO5/c1-21(2,3)19(24)16-17(15-6-5-11-27-15)22(20(25)18(16)23)12-13-7-9-14(26-4)10-8-13/h5-11,17,23H,12H2,1-4H3. The van der Waals surface area contributed by atoms with Gasteiger partial charge >= 0.3 is 0 Å². The number of rotatable bonds is 5. The monoisotopic (exact) mass is 369 g/mol. The molecule has 0 fully saturated rings. The lowest BCUT2D eigenvalue weighted by atomic mass is 9.83. The summed E-state index contributed by atoms with van der Waals surface area (Å²) in [6.07, 6.45) is 1.49. The minimum absolute atomic E-state index is 0.0796. The first-order valence-electron chi connectivity index (χ1n) is 8.69. The normalized spacial score (nSPS) is 17.6. The fourth-order valence-corrected chi connectivity index (χ4v) is 3.12. The van der Waals surface area contributed by atoms with Gasteiger partial charge in [0, 0.05) is 12.0 Å². The number of benzene rings is 1. The van der Waals surface area contributed by atoms with Crippen molar-refractivity contribution in [1.82, 2.24) is 4.90 Å².